The molecule has 1 amide bonds. The van der Waals surface area contributed by atoms with Gasteiger partial charge in [0.2, 0.25) is 0 Å². The lowest BCUT2D eigenvalue weighted by atomic mass is 10.0. The van der Waals surface area contributed by atoms with Gasteiger partial charge in [0.1, 0.15) is 0 Å². The van der Waals surface area contributed by atoms with Gasteiger partial charge in [-0.05, 0) is 37.3 Å². The Kier molecular flexibility index (Phi) is 5.41. The van der Waals surface area contributed by atoms with Gasteiger partial charge in [0.05, 0.1) is 33.0 Å². The summed E-state index contributed by atoms with van der Waals surface area (Å²) in [5.41, 5.74) is 2.37. The number of alkyl halides is 3. The van der Waals surface area contributed by atoms with Gasteiger partial charge in [-0.15, -0.1) is 0 Å². The Morgan fingerprint density at radius 1 is 0.968 bits per heavy atom. The molecular weight excluding hydrogens is 425 g/mol. The molecule has 0 aliphatic rings. The molecule has 0 spiro atoms. The Morgan fingerprint density at radius 2 is 1.68 bits per heavy atom. The van der Waals surface area contributed by atoms with Crippen LogP contribution in [0.1, 0.15) is 21.5 Å². The third-order valence-electron chi connectivity index (χ3n) is 4.85. The number of pyridine rings is 1. The number of nitrogens with one attached hydrogen (secondary N) is 1. The van der Waals surface area contributed by atoms with E-state index in [1.165, 1.54) is 0 Å². The van der Waals surface area contributed by atoms with Crippen molar-refractivity contribution in [3.63, 3.8) is 0 Å². The fourth-order valence-electron chi connectivity index (χ4n) is 3.22. The number of carbonyl (C=O) groups is 1. The van der Waals surface area contributed by atoms with E-state index >= 15 is 0 Å². The van der Waals surface area contributed by atoms with Crippen molar-refractivity contribution >= 4 is 34.1 Å². The average Bonchev–Trinajstić information content (AvgIpc) is 2.74. The van der Waals surface area contributed by atoms with Crippen LogP contribution < -0.4 is 5.32 Å². The van der Waals surface area contributed by atoms with Crippen LogP contribution in [0.15, 0.2) is 72.8 Å². The second-order valence-electron chi connectivity index (χ2n) is 7.08. The van der Waals surface area contributed by atoms with Crippen LogP contribution in [0.4, 0.5) is 18.9 Å². The van der Waals surface area contributed by atoms with Crippen LogP contribution in [0.25, 0.3) is 22.2 Å². The lowest BCUT2D eigenvalue weighted by molar-refractivity contribution is -0.137. The number of amides is 1. The average molecular weight is 441 g/mol. The van der Waals surface area contributed by atoms with Gasteiger partial charge in [-0.3, -0.25) is 4.79 Å². The molecule has 0 radical (unpaired) electrons. The summed E-state index contributed by atoms with van der Waals surface area (Å²) in [6.45, 7) is 1.97. The number of halogens is 4. The first kappa shape index (κ1) is 20.9. The van der Waals surface area contributed by atoms with Crippen molar-refractivity contribution in [2.24, 2.45) is 0 Å². The summed E-state index contributed by atoms with van der Waals surface area (Å²) in [5.74, 6) is -0.576. The zero-order chi connectivity index (χ0) is 22.2. The van der Waals surface area contributed by atoms with Gasteiger partial charge in [0.25, 0.3) is 5.91 Å². The first-order valence-electron chi connectivity index (χ1n) is 9.37. The number of para-hydroxylation sites is 1. The van der Waals surface area contributed by atoms with E-state index in [9.17, 15) is 18.0 Å². The van der Waals surface area contributed by atoms with Crippen LogP contribution in [0.3, 0.4) is 0 Å². The summed E-state index contributed by atoms with van der Waals surface area (Å²) in [7, 11) is 0. The number of aryl methyl sites for hydroxylation is 1. The van der Waals surface area contributed by atoms with Gasteiger partial charge < -0.3 is 5.32 Å². The minimum Gasteiger partial charge on any atom is -0.321 e. The van der Waals surface area contributed by atoms with Gasteiger partial charge in [-0.25, -0.2) is 4.98 Å². The highest BCUT2D eigenvalue weighted by Gasteiger charge is 2.31. The molecule has 0 saturated heterocycles. The van der Waals surface area contributed by atoms with Gasteiger partial charge in [0, 0.05) is 10.9 Å². The van der Waals surface area contributed by atoms with Crippen LogP contribution in [0, 0.1) is 6.92 Å². The predicted molar refractivity (Wildman–Crippen MR) is 116 cm³/mol. The van der Waals surface area contributed by atoms with Gasteiger partial charge >= 0.3 is 6.18 Å². The fraction of sp³-hybridized carbons (Fsp3) is 0.0833. The van der Waals surface area contributed by atoms with Crippen molar-refractivity contribution in [3.8, 4) is 11.3 Å². The van der Waals surface area contributed by atoms with E-state index in [-0.39, 0.29) is 16.3 Å². The number of nitrogens with zero attached hydrogens (tertiary/aromatic N) is 1. The Hall–Kier alpha value is -3.38. The summed E-state index contributed by atoms with van der Waals surface area (Å²) < 4.78 is 39.2. The van der Waals surface area contributed by atoms with Crippen molar-refractivity contribution in [1.82, 2.24) is 4.98 Å². The molecule has 3 aromatic carbocycles. The van der Waals surface area contributed by atoms with Crippen LogP contribution in [0.5, 0.6) is 0 Å². The summed E-state index contributed by atoms with van der Waals surface area (Å²) in [6, 6.07) is 19.2. The Labute approximate surface area is 181 Å². The smallest absolute Gasteiger partial charge is 0.321 e. The Balaban J connectivity index is 1.78. The highest BCUT2D eigenvalue weighted by atomic mass is 35.5. The van der Waals surface area contributed by atoms with Crippen molar-refractivity contribution in [1.29, 1.82) is 0 Å². The number of hydrogen-bond acceptors (Lipinski definition) is 2. The maximum atomic E-state index is 13.1. The maximum Gasteiger partial charge on any atom is 0.416 e. The largest absolute Gasteiger partial charge is 0.416 e. The minimum atomic E-state index is -4.55. The zero-order valence-electron chi connectivity index (χ0n) is 16.3. The standard InChI is InChI=1S/C24H16ClF3N2O/c1-14-6-8-15(9-7-14)21-13-18(17-4-2-3-5-20(17)29-21)23(31)30-22-12-16(24(26,27)28)10-11-19(22)25/h2-13H,1H3,(H,30,31). The van der Waals surface area contributed by atoms with E-state index in [0.717, 1.165) is 29.3 Å². The highest BCUT2D eigenvalue weighted by molar-refractivity contribution is 6.34. The maximum absolute atomic E-state index is 13.1. The molecule has 1 heterocycles. The van der Waals surface area contributed by atoms with E-state index in [2.05, 4.69) is 10.3 Å². The fourth-order valence-corrected chi connectivity index (χ4v) is 3.39. The van der Waals surface area contributed by atoms with Crippen molar-refractivity contribution in [2.75, 3.05) is 5.32 Å². The van der Waals surface area contributed by atoms with E-state index in [1.807, 2.05) is 31.2 Å². The minimum absolute atomic E-state index is 0.0125. The molecule has 0 bridgehead atoms. The summed E-state index contributed by atoms with van der Waals surface area (Å²) in [6.07, 6.45) is -4.55. The number of anilines is 1. The van der Waals surface area contributed by atoms with Crippen LogP contribution in [-0.4, -0.2) is 10.9 Å². The molecule has 4 aromatic rings. The van der Waals surface area contributed by atoms with E-state index in [0.29, 0.717) is 16.6 Å². The van der Waals surface area contributed by atoms with E-state index in [4.69, 9.17) is 11.6 Å². The topological polar surface area (TPSA) is 42.0 Å². The number of rotatable bonds is 3. The lowest BCUT2D eigenvalue weighted by Crippen LogP contribution is -2.14. The molecule has 0 aliphatic heterocycles. The second-order valence-corrected chi connectivity index (χ2v) is 7.49. The van der Waals surface area contributed by atoms with Crippen molar-refractivity contribution in [3.05, 3.63) is 94.5 Å². The predicted octanol–water partition coefficient (Wildman–Crippen LogP) is 7.13. The summed E-state index contributed by atoms with van der Waals surface area (Å²) in [5, 5.41) is 3.12. The van der Waals surface area contributed by atoms with E-state index < -0.39 is 17.6 Å². The van der Waals surface area contributed by atoms with Gasteiger partial charge in [-0.1, -0.05) is 59.6 Å². The molecule has 0 saturated carbocycles. The van der Waals surface area contributed by atoms with Crippen LogP contribution >= 0.6 is 11.6 Å². The molecule has 0 unspecified atom stereocenters. The Morgan fingerprint density at radius 3 is 2.39 bits per heavy atom. The molecule has 0 aliphatic carbocycles. The van der Waals surface area contributed by atoms with Crippen LogP contribution in [-0.2, 0) is 6.18 Å². The van der Waals surface area contributed by atoms with Crippen molar-refractivity contribution in [2.45, 2.75) is 13.1 Å². The van der Waals surface area contributed by atoms with E-state index in [1.54, 1.807) is 30.3 Å². The third-order valence-corrected chi connectivity index (χ3v) is 5.18. The molecule has 7 heteroatoms. The second kappa shape index (κ2) is 8.04. The van der Waals surface area contributed by atoms with Gasteiger partial charge in [0.15, 0.2) is 0 Å². The first-order chi connectivity index (χ1) is 14.7. The molecule has 1 N–H and O–H groups in total. The molecule has 1 aromatic heterocycles. The molecular formula is C24H16ClF3N2O. The molecule has 3 nitrogen and oxygen atoms in total. The number of carbonyl (C=O) groups excluding carboxylic acids is 1. The summed E-state index contributed by atoms with van der Waals surface area (Å²) >= 11 is 6.04. The van der Waals surface area contributed by atoms with Gasteiger partial charge in [-0.2, -0.15) is 13.2 Å². The molecule has 156 valence electrons. The zero-order valence-corrected chi connectivity index (χ0v) is 17.1. The molecule has 0 fully saturated rings. The summed E-state index contributed by atoms with van der Waals surface area (Å²) in [4.78, 5) is 17.7. The quantitative estimate of drug-likeness (QED) is 0.368. The number of benzene rings is 3. The molecule has 4 rings (SSSR count). The number of aromatic nitrogens is 1. The Bertz CT molecular complexity index is 1280. The molecule has 0 atom stereocenters. The first-order valence-corrected chi connectivity index (χ1v) is 9.75. The highest BCUT2D eigenvalue weighted by Crippen LogP contribution is 2.34. The number of fused-ring (bicyclic) bond motifs is 1. The number of hydrogen-bond donors (Lipinski definition) is 1. The van der Waals surface area contributed by atoms with Crippen molar-refractivity contribution < 1.29 is 18.0 Å². The molecule has 31 heavy (non-hydrogen) atoms. The SMILES string of the molecule is Cc1ccc(-c2cc(C(=O)Nc3cc(C(F)(F)F)ccc3Cl)c3ccccc3n2)cc1. The third kappa shape index (κ3) is 4.39. The normalized spacial score (nSPS) is 11.5. The lowest BCUT2D eigenvalue weighted by Gasteiger charge is -2.13. The monoisotopic (exact) mass is 440 g/mol. The van der Waals surface area contributed by atoms with Crippen LogP contribution in [0.2, 0.25) is 5.02 Å².